The van der Waals surface area contributed by atoms with E-state index in [1.807, 2.05) is 34.7 Å². The smallest absolute Gasteiger partial charge is 0.289 e. The van der Waals surface area contributed by atoms with Crippen LogP contribution in [0.25, 0.3) is 0 Å². The Kier molecular flexibility index (Phi) is 12.6. The summed E-state index contributed by atoms with van der Waals surface area (Å²) in [5.41, 5.74) is -1.07. The highest BCUT2D eigenvalue weighted by Gasteiger charge is 2.85. The van der Waals surface area contributed by atoms with Gasteiger partial charge in [-0.05, 0) is 94.4 Å². The van der Waals surface area contributed by atoms with Gasteiger partial charge in [-0.1, -0.05) is 73.6 Å². The zero-order valence-electron chi connectivity index (χ0n) is 36.4. The number of piperazine rings is 1. The lowest BCUT2D eigenvalue weighted by molar-refractivity contribution is -0.146. The Balaban J connectivity index is 1.26. The lowest BCUT2D eigenvalue weighted by atomic mass is 9.73. The second kappa shape index (κ2) is 16.5. The number of carbonyl (C=O) groups excluding carboxylic acids is 6. The summed E-state index contributed by atoms with van der Waals surface area (Å²) in [6.07, 6.45) is 10.9. The van der Waals surface area contributed by atoms with Crippen LogP contribution < -0.4 is 21.3 Å². The Morgan fingerprint density at radius 1 is 0.807 bits per heavy atom. The Hall–Kier alpha value is -3.06. The van der Waals surface area contributed by atoms with Crippen molar-refractivity contribution in [1.29, 1.82) is 0 Å². The average Bonchev–Trinajstić information content (AvgIpc) is 3.96. The minimum absolute atomic E-state index is 0.0114. The summed E-state index contributed by atoms with van der Waals surface area (Å²) in [5, 5.41) is 12.1. The number of fused-ring (bicyclic) bond motifs is 1. The van der Waals surface area contributed by atoms with Crippen LogP contribution in [0.5, 0.6) is 0 Å². The fraction of sp³-hybridized carbons (Fsp3) is 0.864. The minimum Gasteiger partial charge on any atom is -0.347 e. The molecule has 2 heterocycles. The van der Waals surface area contributed by atoms with E-state index in [1.54, 1.807) is 4.90 Å². The molecule has 4 saturated carbocycles. The lowest BCUT2D eigenvalue weighted by Gasteiger charge is -2.42. The molecule has 0 aromatic carbocycles. The Morgan fingerprint density at radius 2 is 1.46 bits per heavy atom. The van der Waals surface area contributed by atoms with Gasteiger partial charge >= 0.3 is 0 Å². The van der Waals surface area contributed by atoms with Gasteiger partial charge in [-0.15, -0.1) is 0 Å². The number of rotatable bonds is 14. The van der Waals surface area contributed by atoms with Crippen molar-refractivity contribution in [2.75, 3.05) is 33.2 Å². The van der Waals surface area contributed by atoms with E-state index in [0.717, 1.165) is 77.3 Å². The molecule has 320 valence electrons. The third-order valence-corrected chi connectivity index (χ3v) is 15.4. The highest BCUT2D eigenvalue weighted by Crippen LogP contribution is 2.88. The van der Waals surface area contributed by atoms with E-state index in [9.17, 15) is 24.0 Å². The van der Waals surface area contributed by atoms with E-state index in [1.165, 1.54) is 0 Å². The van der Waals surface area contributed by atoms with Gasteiger partial charge in [0.25, 0.3) is 5.91 Å². The van der Waals surface area contributed by atoms with Crippen molar-refractivity contribution in [3.63, 3.8) is 0 Å². The second-order valence-electron chi connectivity index (χ2n) is 20.6. The Labute approximate surface area is 341 Å². The van der Waals surface area contributed by atoms with E-state index >= 15 is 4.79 Å². The molecule has 2 aliphatic heterocycles. The summed E-state index contributed by atoms with van der Waals surface area (Å²) in [7, 11) is 2.02. The zero-order chi connectivity index (χ0) is 41.7. The van der Waals surface area contributed by atoms with Gasteiger partial charge in [-0.3, -0.25) is 33.7 Å². The number of amides is 5. The maximum absolute atomic E-state index is 15.2. The van der Waals surface area contributed by atoms with Crippen molar-refractivity contribution in [1.82, 2.24) is 36.0 Å². The van der Waals surface area contributed by atoms with Gasteiger partial charge in [0.15, 0.2) is 0 Å². The SMILES string of the molecule is CCCC(NC(=O)[C@@H]1C[C@@]2(CN1C(=O)[C@@H](NC(=O)[C@@H](NC(=O)[C@H]1CN(C)CCN1C(C)C)C1CCCCC1)C(C)(C)C)C(C)(C)C21CCC1)C(=O)C(=O)NC1CC1. The molecule has 13 heteroatoms. The highest BCUT2D eigenvalue weighted by atomic mass is 16.2. The van der Waals surface area contributed by atoms with Crippen LogP contribution in [-0.2, 0) is 28.8 Å². The molecule has 0 aromatic rings. The normalized spacial score (nSPS) is 29.0. The molecule has 5 amide bonds. The topological polar surface area (TPSA) is 160 Å². The number of nitrogens with zero attached hydrogens (tertiary/aromatic N) is 3. The first-order chi connectivity index (χ1) is 26.8. The van der Waals surface area contributed by atoms with Crippen LogP contribution in [0.4, 0.5) is 0 Å². The van der Waals surface area contributed by atoms with Crippen molar-refractivity contribution in [2.24, 2.45) is 27.6 Å². The number of Topliss-reactive ketones (excluding diaryl/α,β-unsaturated/α-hetero) is 1. The molecule has 6 atom stereocenters. The molecule has 6 fully saturated rings. The van der Waals surface area contributed by atoms with Gasteiger partial charge in [0, 0.05) is 43.7 Å². The number of nitrogens with one attached hydrogen (secondary N) is 4. The maximum atomic E-state index is 15.2. The van der Waals surface area contributed by atoms with Crippen molar-refractivity contribution in [3.8, 4) is 0 Å². The maximum Gasteiger partial charge on any atom is 0.289 e. The summed E-state index contributed by atoms with van der Waals surface area (Å²) >= 11 is 0. The molecule has 4 N–H and O–H groups in total. The standard InChI is InChI=1S/C44H73N7O6/c1-10-15-30(34(52)39(56)45-29-18-19-29)46-36(53)31-24-44(42(7,8)43(44)20-14-21-43)26-51(31)40(57)35(41(4,5)6)48-38(55)33(28-16-12-11-13-17-28)47-37(54)32-25-49(9)22-23-50(32)27(2)3/h27-33,35H,10-26H2,1-9H3,(H,45,56)(H,46,53)(H,47,54)(H,48,55)/t30?,31-,32+,33-,35+,44+/m0/s1. The van der Waals surface area contributed by atoms with Crippen molar-refractivity contribution >= 4 is 35.3 Å². The number of hydrogen-bond donors (Lipinski definition) is 4. The molecule has 1 unspecified atom stereocenters. The largest absolute Gasteiger partial charge is 0.347 e. The molecule has 6 rings (SSSR count). The van der Waals surface area contributed by atoms with Gasteiger partial charge in [-0.2, -0.15) is 0 Å². The molecule has 0 aromatic heterocycles. The predicted octanol–water partition coefficient (Wildman–Crippen LogP) is 3.54. The van der Waals surface area contributed by atoms with Crippen molar-refractivity contribution < 1.29 is 28.8 Å². The van der Waals surface area contributed by atoms with Crippen molar-refractivity contribution in [2.45, 2.75) is 181 Å². The molecule has 0 bridgehead atoms. The van der Waals surface area contributed by atoms with Crippen LogP contribution in [0, 0.1) is 27.6 Å². The van der Waals surface area contributed by atoms with Crippen LogP contribution >= 0.6 is 0 Å². The summed E-state index contributed by atoms with van der Waals surface area (Å²) in [6.45, 7) is 19.0. The van der Waals surface area contributed by atoms with E-state index < -0.39 is 53.2 Å². The van der Waals surface area contributed by atoms with Gasteiger partial charge in [-0.25, -0.2) is 0 Å². The van der Waals surface area contributed by atoms with Gasteiger partial charge in [0.2, 0.25) is 29.4 Å². The van der Waals surface area contributed by atoms with Crippen LogP contribution in [0.15, 0.2) is 0 Å². The highest BCUT2D eigenvalue weighted by molar-refractivity contribution is 6.38. The third kappa shape index (κ3) is 8.26. The quantitative estimate of drug-likeness (QED) is 0.195. The van der Waals surface area contributed by atoms with Gasteiger partial charge < -0.3 is 31.1 Å². The molecule has 2 saturated heterocycles. The number of ketones is 1. The van der Waals surface area contributed by atoms with Crippen molar-refractivity contribution in [3.05, 3.63) is 0 Å². The molecule has 2 spiro atoms. The second-order valence-corrected chi connectivity index (χ2v) is 20.6. The number of likely N-dealkylation sites (N-methyl/N-ethyl adjacent to an activating group) is 1. The first kappa shape index (κ1) is 43.5. The van der Waals surface area contributed by atoms with E-state index in [4.69, 9.17) is 0 Å². The molecule has 6 aliphatic rings. The Morgan fingerprint density at radius 3 is 2.00 bits per heavy atom. The number of likely N-dealkylation sites (tertiary alicyclic amines) is 1. The van der Waals surface area contributed by atoms with Crippen LogP contribution in [0.1, 0.15) is 139 Å². The summed E-state index contributed by atoms with van der Waals surface area (Å²) in [4.78, 5) is 90.8. The number of carbonyl (C=O) groups is 6. The third-order valence-electron chi connectivity index (χ3n) is 15.4. The van der Waals surface area contributed by atoms with Gasteiger partial charge in [0.05, 0.1) is 6.04 Å². The number of hydrogen-bond acceptors (Lipinski definition) is 8. The minimum atomic E-state index is -0.992. The Bertz CT molecular complexity index is 1560. The first-order valence-corrected chi connectivity index (χ1v) is 22.3. The molecule has 0 radical (unpaired) electrons. The monoisotopic (exact) mass is 796 g/mol. The molecular weight excluding hydrogens is 723 g/mol. The van der Waals surface area contributed by atoms with E-state index in [2.05, 4.69) is 58.8 Å². The molecule has 4 aliphatic carbocycles. The van der Waals surface area contributed by atoms with Crippen LogP contribution in [0.3, 0.4) is 0 Å². The average molecular weight is 796 g/mol. The summed E-state index contributed by atoms with van der Waals surface area (Å²) in [5.74, 6) is -2.68. The van der Waals surface area contributed by atoms with E-state index in [0.29, 0.717) is 32.4 Å². The summed E-state index contributed by atoms with van der Waals surface area (Å²) in [6, 6.07) is -3.86. The van der Waals surface area contributed by atoms with Crippen LogP contribution in [-0.4, -0.2) is 126 Å². The fourth-order valence-corrected chi connectivity index (χ4v) is 11.5. The zero-order valence-corrected chi connectivity index (χ0v) is 36.4. The van der Waals surface area contributed by atoms with E-state index in [-0.39, 0.29) is 52.0 Å². The molecule has 13 nitrogen and oxygen atoms in total. The first-order valence-electron chi connectivity index (χ1n) is 22.3. The van der Waals surface area contributed by atoms with Gasteiger partial charge in [0.1, 0.15) is 24.2 Å². The molecular formula is C44H73N7O6. The summed E-state index contributed by atoms with van der Waals surface area (Å²) < 4.78 is 0. The van der Waals surface area contributed by atoms with Crippen LogP contribution in [0.2, 0.25) is 0 Å². The lowest BCUT2D eigenvalue weighted by Crippen LogP contribution is -2.65. The molecule has 57 heavy (non-hydrogen) atoms. The predicted molar refractivity (Wildman–Crippen MR) is 219 cm³/mol. The fourth-order valence-electron chi connectivity index (χ4n) is 11.5.